The number of aromatic carboxylic acids is 1. The summed E-state index contributed by atoms with van der Waals surface area (Å²) < 4.78 is 5.67. The van der Waals surface area contributed by atoms with E-state index in [-0.39, 0.29) is 0 Å². The maximum Gasteiger partial charge on any atom is 0.335 e. The summed E-state index contributed by atoms with van der Waals surface area (Å²) in [5, 5.41) is 9.07. The minimum atomic E-state index is -0.890. The van der Waals surface area contributed by atoms with Crippen molar-refractivity contribution in [2.75, 3.05) is 6.61 Å². The van der Waals surface area contributed by atoms with E-state index in [0.29, 0.717) is 12.2 Å². The number of rotatable bonds is 5. The minimum Gasteiger partial charge on any atom is -0.493 e. The van der Waals surface area contributed by atoms with Gasteiger partial charge in [0.25, 0.3) is 0 Å². The van der Waals surface area contributed by atoms with Gasteiger partial charge in [0.2, 0.25) is 0 Å². The van der Waals surface area contributed by atoms with Crippen LogP contribution in [0, 0.1) is 13.8 Å². The van der Waals surface area contributed by atoms with E-state index in [2.05, 4.69) is 13.0 Å². The SMILES string of the molecule is CC.CCCOc1ccc(-c2ccc(C(=O)O)c(C)c2)cc1C. The molecule has 0 saturated carbocycles. The van der Waals surface area contributed by atoms with Gasteiger partial charge in [-0.15, -0.1) is 0 Å². The summed E-state index contributed by atoms with van der Waals surface area (Å²) in [4.78, 5) is 11.1. The molecule has 0 aliphatic rings. The Balaban J connectivity index is 0.00000127. The number of hydrogen-bond acceptors (Lipinski definition) is 2. The molecule has 3 nitrogen and oxygen atoms in total. The maximum absolute atomic E-state index is 11.1. The number of carboxylic acid groups (broad SMARTS) is 1. The molecule has 2 rings (SSSR count). The van der Waals surface area contributed by atoms with Crippen LogP contribution in [0.4, 0.5) is 0 Å². The molecule has 2 aromatic rings. The number of carbonyl (C=O) groups is 1. The third-order valence-corrected chi connectivity index (χ3v) is 3.43. The van der Waals surface area contributed by atoms with Crippen molar-refractivity contribution in [3.05, 3.63) is 53.1 Å². The zero-order valence-corrected chi connectivity index (χ0v) is 14.6. The van der Waals surface area contributed by atoms with Crippen molar-refractivity contribution in [3.63, 3.8) is 0 Å². The van der Waals surface area contributed by atoms with Gasteiger partial charge in [0.15, 0.2) is 0 Å². The molecule has 1 N–H and O–H groups in total. The van der Waals surface area contributed by atoms with Crippen LogP contribution in [0.1, 0.15) is 48.7 Å². The Bertz CT molecular complexity index is 660. The average molecular weight is 314 g/mol. The van der Waals surface area contributed by atoms with Crippen LogP contribution < -0.4 is 4.74 Å². The summed E-state index contributed by atoms with van der Waals surface area (Å²) in [6, 6.07) is 11.5. The van der Waals surface area contributed by atoms with Crippen molar-refractivity contribution in [3.8, 4) is 16.9 Å². The van der Waals surface area contributed by atoms with E-state index in [0.717, 1.165) is 34.4 Å². The van der Waals surface area contributed by atoms with Crippen LogP contribution in [0.3, 0.4) is 0 Å². The Labute approximate surface area is 138 Å². The van der Waals surface area contributed by atoms with Crippen molar-refractivity contribution in [2.45, 2.75) is 41.0 Å². The third kappa shape index (κ3) is 4.85. The van der Waals surface area contributed by atoms with E-state index < -0.39 is 5.97 Å². The normalized spacial score (nSPS) is 9.78. The van der Waals surface area contributed by atoms with Crippen molar-refractivity contribution in [1.29, 1.82) is 0 Å². The first-order valence-electron chi connectivity index (χ1n) is 8.10. The van der Waals surface area contributed by atoms with Crippen LogP contribution in [0.25, 0.3) is 11.1 Å². The third-order valence-electron chi connectivity index (χ3n) is 3.43. The van der Waals surface area contributed by atoms with Gasteiger partial charge in [-0.2, -0.15) is 0 Å². The number of ether oxygens (including phenoxy) is 1. The summed E-state index contributed by atoms with van der Waals surface area (Å²) in [6.45, 7) is 10.6. The summed E-state index contributed by atoms with van der Waals surface area (Å²) >= 11 is 0. The summed E-state index contributed by atoms with van der Waals surface area (Å²) in [5.74, 6) is 0.0121. The number of hydrogen-bond donors (Lipinski definition) is 1. The van der Waals surface area contributed by atoms with Gasteiger partial charge in [0.05, 0.1) is 12.2 Å². The van der Waals surface area contributed by atoms with E-state index in [1.165, 1.54) is 0 Å². The van der Waals surface area contributed by atoms with Crippen LogP contribution in [-0.2, 0) is 0 Å². The molecule has 0 saturated heterocycles. The molecular weight excluding hydrogens is 288 g/mol. The minimum absolute atomic E-state index is 0.346. The fourth-order valence-electron chi connectivity index (χ4n) is 2.29. The summed E-state index contributed by atoms with van der Waals surface area (Å²) in [7, 11) is 0. The second kappa shape index (κ2) is 8.99. The fourth-order valence-corrected chi connectivity index (χ4v) is 2.29. The molecule has 0 spiro atoms. The monoisotopic (exact) mass is 314 g/mol. The van der Waals surface area contributed by atoms with Gasteiger partial charge in [-0.25, -0.2) is 4.79 Å². The van der Waals surface area contributed by atoms with Gasteiger partial charge in [0.1, 0.15) is 5.75 Å². The lowest BCUT2D eigenvalue weighted by Crippen LogP contribution is -1.99. The van der Waals surface area contributed by atoms with Crippen LogP contribution in [-0.4, -0.2) is 17.7 Å². The quantitative estimate of drug-likeness (QED) is 0.794. The van der Waals surface area contributed by atoms with Gasteiger partial charge < -0.3 is 9.84 Å². The molecule has 0 bridgehead atoms. The van der Waals surface area contributed by atoms with E-state index >= 15 is 0 Å². The molecule has 2 aromatic carbocycles. The zero-order chi connectivity index (χ0) is 17.4. The Morgan fingerprint density at radius 1 is 1.00 bits per heavy atom. The second-order valence-corrected chi connectivity index (χ2v) is 5.16. The lowest BCUT2D eigenvalue weighted by molar-refractivity contribution is 0.0696. The highest BCUT2D eigenvalue weighted by Crippen LogP contribution is 2.27. The lowest BCUT2D eigenvalue weighted by Gasteiger charge is -2.11. The van der Waals surface area contributed by atoms with Crippen molar-refractivity contribution in [1.82, 2.24) is 0 Å². The first-order valence-corrected chi connectivity index (χ1v) is 8.10. The summed E-state index contributed by atoms with van der Waals surface area (Å²) in [5.41, 5.74) is 4.28. The van der Waals surface area contributed by atoms with Gasteiger partial charge in [-0.1, -0.05) is 39.0 Å². The first-order chi connectivity index (χ1) is 11.0. The van der Waals surface area contributed by atoms with Crippen LogP contribution in [0.5, 0.6) is 5.75 Å². The largest absolute Gasteiger partial charge is 0.493 e. The molecule has 0 unspecified atom stereocenters. The lowest BCUT2D eigenvalue weighted by atomic mass is 9.98. The van der Waals surface area contributed by atoms with Crippen molar-refractivity contribution >= 4 is 5.97 Å². The predicted octanol–water partition coefficient (Wildman–Crippen LogP) is 5.48. The first kappa shape index (κ1) is 18.8. The molecule has 3 heteroatoms. The highest BCUT2D eigenvalue weighted by molar-refractivity contribution is 5.90. The molecule has 23 heavy (non-hydrogen) atoms. The van der Waals surface area contributed by atoms with E-state index in [1.54, 1.807) is 6.07 Å². The van der Waals surface area contributed by atoms with Gasteiger partial charge in [-0.05, 0) is 60.7 Å². The Morgan fingerprint density at radius 3 is 2.04 bits per heavy atom. The molecule has 0 aliphatic heterocycles. The van der Waals surface area contributed by atoms with Crippen LogP contribution in [0.2, 0.25) is 0 Å². The Kier molecular flexibility index (Phi) is 7.33. The topological polar surface area (TPSA) is 46.5 Å². The molecule has 0 amide bonds. The average Bonchev–Trinajstić information content (AvgIpc) is 2.55. The highest BCUT2D eigenvalue weighted by atomic mass is 16.5. The molecule has 0 aliphatic carbocycles. The Hall–Kier alpha value is -2.29. The molecule has 0 aromatic heterocycles. The number of aryl methyl sites for hydroxylation is 2. The van der Waals surface area contributed by atoms with Gasteiger partial charge >= 0.3 is 5.97 Å². The highest BCUT2D eigenvalue weighted by Gasteiger charge is 2.09. The fraction of sp³-hybridized carbons (Fsp3) is 0.350. The van der Waals surface area contributed by atoms with Gasteiger partial charge in [-0.3, -0.25) is 0 Å². The maximum atomic E-state index is 11.1. The second-order valence-electron chi connectivity index (χ2n) is 5.16. The van der Waals surface area contributed by atoms with E-state index in [4.69, 9.17) is 9.84 Å². The Morgan fingerprint density at radius 2 is 1.57 bits per heavy atom. The zero-order valence-electron chi connectivity index (χ0n) is 14.6. The molecule has 0 fully saturated rings. The molecule has 0 atom stereocenters. The van der Waals surface area contributed by atoms with Crippen LogP contribution >= 0.6 is 0 Å². The van der Waals surface area contributed by atoms with Crippen molar-refractivity contribution in [2.24, 2.45) is 0 Å². The number of benzene rings is 2. The van der Waals surface area contributed by atoms with Crippen molar-refractivity contribution < 1.29 is 14.6 Å². The molecule has 124 valence electrons. The standard InChI is InChI=1S/C18H20O3.C2H6/c1-4-9-21-17-8-6-15(11-13(17)3)14-5-7-16(18(19)20)12(2)10-14;1-2/h5-8,10-11H,4,9H2,1-3H3,(H,19,20);1-2H3. The van der Waals surface area contributed by atoms with Gasteiger partial charge in [0, 0.05) is 0 Å². The molecular formula is C20H26O3. The summed E-state index contributed by atoms with van der Waals surface area (Å²) in [6.07, 6.45) is 0.983. The van der Waals surface area contributed by atoms with Crippen LogP contribution in [0.15, 0.2) is 36.4 Å². The van der Waals surface area contributed by atoms with E-state index in [1.807, 2.05) is 52.0 Å². The molecule has 0 heterocycles. The van der Waals surface area contributed by atoms with E-state index in [9.17, 15) is 4.79 Å². The predicted molar refractivity (Wildman–Crippen MR) is 95.4 cm³/mol. The smallest absolute Gasteiger partial charge is 0.335 e. The molecule has 0 radical (unpaired) electrons. The number of carboxylic acids is 1.